The van der Waals surface area contributed by atoms with Crippen molar-refractivity contribution in [3.05, 3.63) is 65.2 Å². The Labute approximate surface area is 153 Å². The number of carbonyl (C=O) groups is 1. The Morgan fingerprint density at radius 2 is 2.08 bits per heavy atom. The minimum absolute atomic E-state index is 0.00774. The zero-order valence-electron chi connectivity index (χ0n) is 14.8. The summed E-state index contributed by atoms with van der Waals surface area (Å²) in [5, 5.41) is 13.7. The fourth-order valence-electron chi connectivity index (χ4n) is 2.94. The molecule has 26 heavy (non-hydrogen) atoms. The molecule has 0 aromatic heterocycles. The Hall–Kier alpha value is -2.86. The molecule has 0 saturated carbocycles. The predicted octanol–water partition coefficient (Wildman–Crippen LogP) is 1.70. The van der Waals surface area contributed by atoms with Crippen molar-refractivity contribution in [1.29, 1.82) is 5.41 Å². The van der Waals surface area contributed by atoms with E-state index in [0.717, 1.165) is 5.56 Å². The number of nitrogens with one attached hydrogen (secondary N) is 3. The van der Waals surface area contributed by atoms with E-state index in [9.17, 15) is 4.79 Å². The summed E-state index contributed by atoms with van der Waals surface area (Å²) in [6, 6.07) is 15.0. The van der Waals surface area contributed by atoms with Crippen LogP contribution in [-0.2, 0) is 11.3 Å². The highest BCUT2D eigenvalue weighted by Crippen LogP contribution is 2.19. The van der Waals surface area contributed by atoms with Crippen molar-refractivity contribution in [2.45, 2.75) is 32.0 Å². The first-order valence-electron chi connectivity index (χ1n) is 8.69. The van der Waals surface area contributed by atoms with Crippen LogP contribution in [0.2, 0.25) is 0 Å². The van der Waals surface area contributed by atoms with Gasteiger partial charge in [0.1, 0.15) is 17.7 Å². The number of nitrogens with two attached hydrogens (primary N) is 1. The van der Waals surface area contributed by atoms with E-state index in [1.165, 1.54) is 5.56 Å². The Morgan fingerprint density at radius 1 is 1.31 bits per heavy atom. The van der Waals surface area contributed by atoms with Crippen LogP contribution in [0.3, 0.4) is 0 Å². The lowest BCUT2D eigenvalue weighted by atomic mass is 10.1. The minimum Gasteiger partial charge on any atom is -0.489 e. The molecule has 2 aromatic rings. The number of rotatable bonds is 6. The number of carbonyl (C=O) groups excluding carboxylic acids is 1. The van der Waals surface area contributed by atoms with E-state index >= 15 is 0 Å². The van der Waals surface area contributed by atoms with Crippen molar-refractivity contribution in [3.8, 4) is 5.75 Å². The first-order valence-corrected chi connectivity index (χ1v) is 8.69. The molecular weight excluding hydrogens is 328 g/mol. The fraction of sp³-hybridized carbons (Fsp3) is 0.300. The van der Waals surface area contributed by atoms with Crippen molar-refractivity contribution < 1.29 is 9.53 Å². The topological polar surface area (TPSA) is 100 Å². The van der Waals surface area contributed by atoms with Crippen molar-refractivity contribution in [3.63, 3.8) is 0 Å². The standard InChI is InChI=1S/C20H24N4O2/c1-13-5-7-14(8-6-13)11-24-20(25)18-10-17(12-23-18)26-16-4-2-3-15(9-16)19(21)22/h2-9,17-18,23H,10-12H2,1H3,(H3,21,22)(H,24,25). The summed E-state index contributed by atoms with van der Waals surface area (Å²) < 4.78 is 5.93. The summed E-state index contributed by atoms with van der Waals surface area (Å²) in [4.78, 5) is 12.4. The number of aryl methyl sites for hydroxylation is 1. The predicted molar refractivity (Wildman–Crippen MR) is 101 cm³/mol. The summed E-state index contributed by atoms with van der Waals surface area (Å²) >= 11 is 0. The molecule has 3 rings (SSSR count). The van der Waals surface area contributed by atoms with Crippen LogP contribution in [0.5, 0.6) is 5.75 Å². The molecule has 1 amide bonds. The SMILES string of the molecule is Cc1ccc(CNC(=O)C2CC(Oc3cccc(C(=N)N)c3)CN2)cc1. The van der Waals surface area contributed by atoms with Gasteiger partial charge < -0.3 is 21.1 Å². The number of hydrogen-bond acceptors (Lipinski definition) is 4. The normalized spacial score (nSPS) is 19.1. The molecule has 0 aliphatic carbocycles. The molecule has 2 aromatic carbocycles. The van der Waals surface area contributed by atoms with Crippen LogP contribution in [0.4, 0.5) is 0 Å². The van der Waals surface area contributed by atoms with Gasteiger partial charge in [0, 0.05) is 25.1 Å². The third-order valence-corrected chi connectivity index (χ3v) is 4.44. The van der Waals surface area contributed by atoms with Gasteiger partial charge in [0.05, 0.1) is 6.04 Å². The number of nitrogen functional groups attached to an aromatic ring is 1. The largest absolute Gasteiger partial charge is 0.489 e. The fourth-order valence-corrected chi connectivity index (χ4v) is 2.94. The molecule has 6 nitrogen and oxygen atoms in total. The van der Waals surface area contributed by atoms with E-state index < -0.39 is 0 Å². The molecule has 5 N–H and O–H groups in total. The molecule has 0 radical (unpaired) electrons. The summed E-state index contributed by atoms with van der Waals surface area (Å²) in [5.41, 5.74) is 8.41. The lowest BCUT2D eigenvalue weighted by Crippen LogP contribution is -2.39. The summed E-state index contributed by atoms with van der Waals surface area (Å²) in [5.74, 6) is 0.646. The van der Waals surface area contributed by atoms with Gasteiger partial charge >= 0.3 is 0 Å². The Bertz CT molecular complexity index is 789. The van der Waals surface area contributed by atoms with Crippen LogP contribution >= 0.6 is 0 Å². The molecule has 1 aliphatic heterocycles. The number of ether oxygens (including phenoxy) is 1. The van der Waals surface area contributed by atoms with Crippen LogP contribution < -0.4 is 21.1 Å². The molecular formula is C20H24N4O2. The minimum atomic E-state index is -0.263. The molecule has 2 atom stereocenters. The number of hydrogen-bond donors (Lipinski definition) is 4. The average molecular weight is 352 g/mol. The molecule has 1 saturated heterocycles. The highest BCUT2D eigenvalue weighted by molar-refractivity contribution is 5.95. The molecule has 6 heteroatoms. The highest BCUT2D eigenvalue weighted by atomic mass is 16.5. The van der Waals surface area contributed by atoms with E-state index in [-0.39, 0.29) is 23.9 Å². The van der Waals surface area contributed by atoms with Crippen LogP contribution in [-0.4, -0.2) is 30.4 Å². The van der Waals surface area contributed by atoms with E-state index in [1.54, 1.807) is 18.2 Å². The van der Waals surface area contributed by atoms with Crippen molar-refractivity contribution in [2.75, 3.05) is 6.54 Å². The smallest absolute Gasteiger partial charge is 0.237 e. The molecule has 136 valence electrons. The first kappa shape index (κ1) is 17.9. The number of amides is 1. The van der Waals surface area contributed by atoms with Crippen molar-refractivity contribution >= 4 is 11.7 Å². The maximum absolute atomic E-state index is 12.4. The second kappa shape index (κ2) is 8.01. The van der Waals surface area contributed by atoms with E-state index in [2.05, 4.69) is 10.6 Å². The molecule has 0 bridgehead atoms. The van der Waals surface area contributed by atoms with Gasteiger partial charge in [-0.15, -0.1) is 0 Å². The van der Waals surface area contributed by atoms with Crippen molar-refractivity contribution in [1.82, 2.24) is 10.6 Å². The summed E-state index contributed by atoms with van der Waals surface area (Å²) in [6.45, 7) is 3.16. The molecule has 1 fully saturated rings. The molecule has 0 spiro atoms. The first-order chi connectivity index (χ1) is 12.5. The van der Waals surface area contributed by atoms with Crippen LogP contribution in [0.25, 0.3) is 0 Å². The van der Waals surface area contributed by atoms with Gasteiger partial charge in [-0.3, -0.25) is 10.2 Å². The van der Waals surface area contributed by atoms with Gasteiger partial charge in [0.2, 0.25) is 5.91 Å². The number of benzene rings is 2. The molecule has 1 heterocycles. The zero-order chi connectivity index (χ0) is 18.5. The van der Waals surface area contributed by atoms with Gasteiger partial charge in [0.15, 0.2) is 0 Å². The van der Waals surface area contributed by atoms with Gasteiger partial charge in [-0.1, -0.05) is 42.0 Å². The second-order valence-electron chi connectivity index (χ2n) is 6.58. The van der Waals surface area contributed by atoms with Gasteiger partial charge in [0.25, 0.3) is 0 Å². The third-order valence-electron chi connectivity index (χ3n) is 4.44. The third kappa shape index (κ3) is 4.61. The molecule has 2 unspecified atom stereocenters. The molecule has 1 aliphatic rings. The lowest BCUT2D eigenvalue weighted by Gasteiger charge is -2.14. The van der Waals surface area contributed by atoms with Crippen LogP contribution in [0, 0.1) is 12.3 Å². The summed E-state index contributed by atoms with van der Waals surface area (Å²) in [7, 11) is 0. The Balaban J connectivity index is 1.50. The maximum Gasteiger partial charge on any atom is 0.237 e. The van der Waals surface area contributed by atoms with E-state index in [4.69, 9.17) is 15.9 Å². The van der Waals surface area contributed by atoms with Gasteiger partial charge in [-0.05, 0) is 24.6 Å². The quantitative estimate of drug-likeness (QED) is 0.470. The van der Waals surface area contributed by atoms with Gasteiger partial charge in [-0.25, -0.2) is 0 Å². The zero-order valence-corrected chi connectivity index (χ0v) is 14.8. The van der Waals surface area contributed by atoms with Gasteiger partial charge in [-0.2, -0.15) is 0 Å². The van der Waals surface area contributed by atoms with Crippen LogP contribution in [0.15, 0.2) is 48.5 Å². The number of amidine groups is 1. The van der Waals surface area contributed by atoms with E-state index in [1.807, 2.05) is 37.3 Å². The maximum atomic E-state index is 12.4. The van der Waals surface area contributed by atoms with E-state index in [0.29, 0.717) is 30.8 Å². The summed E-state index contributed by atoms with van der Waals surface area (Å²) in [6.07, 6.45) is 0.511. The average Bonchev–Trinajstić information content (AvgIpc) is 3.10. The lowest BCUT2D eigenvalue weighted by molar-refractivity contribution is -0.123. The monoisotopic (exact) mass is 352 g/mol. The second-order valence-corrected chi connectivity index (χ2v) is 6.58. The van der Waals surface area contributed by atoms with Crippen molar-refractivity contribution in [2.24, 2.45) is 5.73 Å². The highest BCUT2D eigenvalue weighted by Gasteiger charge is 2.30. The Kier molecular flexibility index (Phi) is 5.53. The Morgan fingerprint density at radius 3 is 2.81 bits per heavy atom. The van der Waals surface area contributed by atoms with Crippen LogP contribution in [0.1, 0.15) is 23.1 Å².